The number of nitriles is 1. The highest BCUT2D eigenvalue weighted by Gasteiger charge is 2.16. The molecule has 1 aromatic carbocycles. The van der Waals surface area contributed by atoms with Crippen LogP contribution >= 0.6 is 0 Å². The van der Waals surface area contributed by atoms with E-state index in [9.17, 15) is 4.79 Å². The molecule has 0 aliphatic rings. The van der Waals surface area contributed by atoms with Gasteiger partial charge in [-0.15, -0.1) is 0 Å². The average Bonchev–Trinajstić information content (AvgIpc) is 2.46. The Morgan fingerprint density at radius 1 is 1.33 bits per heavy atom. The molecule has 5 nitrogen and oxygen atoms in total. The lowest BCUT2D eigenvalue weighted by atomic mass is 9.90. The van der Waals surface area contributed by atoms with Crippen molar-refractivity contribution < 1.29 is 14.3 Å². The Morgan fingerprint density at radius 2 is 2.05 bits per heavy atom. The van der Waals surface area contributed by atoms with Gasteiger partial charge in [-0.3, -0.25) is 4.79 Å². The summed E-state index contributed by atoms with van der Waals surface area (Å²) >= 11 is 0. The summed E-state index contributed by atoms with van der Waals surface area (Å²) in [5.74, 6) is 0.264. The molecule has 0 aliphatic carbocycles. The molecule has 0 aliphatic heterocycles. The summed E-state index contributed by atoms with van der Waals surface area (Å²) in [5, 5.41) is 8.86. The van der Waals surface area contributed by atoms with Gasteiger partial charge < -0.3 is 15.2 Å². The van der Waals surface area contributed by atoms with Crippen LogP contribution in [0.4, 0.5) is 5.69 Å². The third-order valence-electron chi connectivity index (χ3n) is 2.99. The Morgan fingerprint density at radius 3 is 2.71 bits per heavy atom. The van der Waals surface area contributed by atoms with Crippen molar-refractivity contribution in [3.63, 3.8) is 0 Å². The number of carbonyl (C=O) groups excluding carboxylic acids is 1. The van der Waals surface area contributed by atoms with Gasteiger partial charge in [-0.2, -0.15) is 5.26 Å². The van der Waals surface area contributed by atoms with Crippen molar-refractivity contribution in [2.24, 2.45) is 5.41 Å². The fraction of sp³-hybridized carbons (Fsp3) is 0.500. The van der Waals surface area contributed by atoms with E-state index in [4.69, 9.17) is 20.5 Å². The molecule has 0 unspecified atom stereocenters. The molecule has 0 radical (unpaired) electrons. The molecule has 0 aromatic heterocycles. The van der Waals surface area contributed by atoms with Crippen molar-refractivity contribution in [2.45, 2.75) is 33.1 Å². The quantitative estimate of drug-likeness (QED) is 0.452. The van der Waals surface area contributed by atoms with Crippen LogP contribution in [0.5, 0.6) is 5.75 Å². The zero-order valence-electron chi connectivity index (χ0n) is 12.6. The number of nitrogen functional groups attached to an aromatic ring is 1. The summed E-state index contributed by atoms with van der Waals surface area (Å²) in [6, 6.07) is 9.35. The normalized spacial score (nSPS) is 10.7. The van der Waals surface area contributed by atoms with Gasteiger partial charge in [-0.25, -0.2) is 0 Å². The summed E-state index contributed by atoms with van der Waals surface area (Å²) in [7, 11) is 0. The molecule has 0 fully saturated rings. The third-order valence-corrected chi connectivity index (χ3v) is 2.99. The van der Waals surface area contributed by atoms with E-state index in [2.05, 4.69) is 6.07 Å². The predicted molar refractivity (Wildman–Crippen MR) is 80.6 cm³/mol. The van der Waals surface area contributed by atoms with E-state index in [0.717, 1.165) is 0 Å². The van der Waals surface area contributed by atoms with Gasteiger partial charge in [0.05, 0.1) is 36.8 Å². The number of nitrogens with zero attached hydrogens (tertiary/aromatic N) is 1. The minimum Gasteiger partial charge on any atom is -0.491 e. The fourth-order valence-electron chi connectivity index (χ4n) is 1.68. The first-order valence-electron chi connectivity index (χ1n) is 6.99. The van der Waals surface area contributed by atoms with Crippen LogP contribution in [-0.4, -0.2) is 19.2 Å². The number of anilines is 1. The molecule has 0 bridgehead atoms. The lowest BCUT2D eigenvalue weighted by Crippen LogP contribution is -2.13. The number of ether oxygens (including phenoxy) is 2. The number of hydrogen-bond acceptors (Lipinski definition) is 5. The number of benzene rings is 1. The molecule has 2 N–H and O–H groups in total. The fourth-order valence-corrected chi connectivity index (χ4v) is 1.68. The van der Waals surface area contributed by atoms with Crippen molar-refractivity contribution in [1.29, 1.82) is 5.26 Å². The zero-order valence-corrected chi connectivity index (χ0v) is 12.6. The number of carbonyl (C=O) groups is 1. The SMILES string of the molecule is CC(C)(C#N)CCCOC(=O)CCOc1ccccc1N. The first-order valence-corrected chi connectivity index (χ1v) is 6.99. The van der Waals surface area contributed by atoms with E-state index in [1.165, 1.54) is 0 Å². The predicted octanol–water partition coefficient (Wildman–Crippen LogP) is 2.91. The Hall–Kier alpha value is -2.22. The number of nitrogens with two attached hydrogens (primary N) is 1. The number of rotatable bonds is 8. The third kappa shape index (κ3) is 6.66. The summed E-state index contributed by atoms with van der Waals surface area (Å²) in [4.78, 5) is 11.5. The second-order valence-corrected chi connectivity index (χ2v) is 5.46. The van der Waals surface area contributed by atoms with Crippen LogP contribution in [0.1, 0.15) is 33.1 Å². The smallest absolute Gasteiger partial charge is 0.309 e. The van der Waals surface area contributed by atoms with Gasteiger partial charge in [0.1, 0.15) is 5.75 Å². The van der Waals surface area contributed by atoms with Crippen LogP contribution in [0.3, 0.4) is 0 Å². The van der Waals surface area contributed by atoms with Gasteiger partial charge in [-0.1, -0.05) is 12.1 Å². The van der Waals surface area contributed by atoms with Crippen LogP contribution < -0.4 is 10.5 Å². The van der Waals surface area contributed by atoms with Gasteiger partial charge in [-0.05, 0) is 38.8 Å². The van der Waals surface area contributed by atoms with E-state index in [-0.39, 0.29) is 24.4 Å². The maximum absolute atomic E-state index is 11.5. The Kier molecular flexibility index (Phi) is 6.54. The van der Waals surface area contributed by atoms with E-state index in [1.807, 2.05) is 26.0 Å². The van der Waals surface area contributed by atoms with Crippen molar-refractivity contribution in [2.75, 3.05) is 18.9 Å². The van der Waals surface area contributed by atoms with Crippen LogP contribution in [0, 0.1) is 16.7 Å². The summed E-state index contributed by atoms with van der Waals surface area (Å²) < 4.78 is 10.5. The molecule has 1 aromatic rings. The molecule has 1 rings (SSSR count). The molecule has 0 atom stereocenters. The van der Waals surface area contributed by atoms with Crippen LogP contribution in [0.15, 0.2) is 24.3 Å². The standard InChI is InChI=1S/C16H22N2O3/c1-16(2,12-17)9-5-10-21-15(19)8-11-20-14-7-4-3-6-13(14)18/h3-4,6-7H,5,8-11,18H2,1-2H3. The van der Waals surface area contributed by atoms with E-state index < -0.39 is 0 Å². The van der Waals surface area contributed by atoms with Gasteiger partial charge in [0, 0.05) is 0 Å². The molecule has 114 valence electrons. The number of esters is 1. The molecule has 0 saturated carbocycles. The van der Waals surface area contributed by atoms with E-state index in [0.29, 0.717) is 30.9 Å². The summed E-state index contributed by atoms with van der Waals surface area (Å²) in [6.45, 7) is 4.30. The van der Waals surface area contributed by atoms with Crippen LogP contribution in [0.25, 0.3) is 0 Å². The van der Waals surface area contributed by atoms with E-state index in [1.54, 1.807) is 12.1 Å². The highest BCUT2D eigenvalue weighted by Crippen LogP contribution is 2.21. The largest absolute Gasteiger partial charge is 0.491 e. The molecule has 0 spiro atoms. The maximum atomic E-state index is 11.5. The average molecular weight is 290 g/mol. The van der Waals surface area contributed by atoms with Crippen LogP contribution in [0.2, 0.25) is 0 Å². The second kappa shape index (κ2) is 8.15. The number of para-hydroxylation sites is 2. The van der Waals surface area contributed by atoms with Crippen molar-refractivity contribution in [3.8, 4) is 11.8 Å². The molecule has 5 heteroatoms. The molecule has 21 heavy (non-hydrogen) atoms. The molecule has 0 saturated heterocycles. The molecule has 0 amide bonds. The molecular weight excluding hydrogens is 268 g/mol. The van der Waals surface area contributed by atoms with Crippen molar-refractivity contribution in [3.05, 3.63) is 24.3 Å². The minimum atomic E-state index is -0.375. The Balaban J connectivity index is 2.15. The zero-order chi connectivity index (χ0) is 15.7. The minimum absolute atomic E-state index is 0.177. The van der Waals surface area contributed by atoms with Gasteiger partial charge in [0.2, 0.25) is 0 Å². The molecular formula is C16H22N2O3. The Bertz CT molecular complexity index is 506. The van der Waals surface area contributed by atoms with Gasteiger partial charge >= 0.3 is 5.97 Å². The lowest BCUT2D eigenvalue weighted by molar-refractivity contribution is -0.144. The maximum Gasteiger partial charge on any atom is 0.309 e. The van der Waals surface area contributed by atoms with Crippen molar-refractivity contribution in [1.82, 2.24) is 0 Å². The highest BCUT2D eigenvalue weighted by atomic mass is 16.5. The van der Waals surface area contributed by atoms with E-state index >= 15 is 0 Å². The second-order valence-electron chi connectivity index (χ2n) is 5.46. The monoisotopic (exact) mass is 290 g/mol. The van der Waals surface area contributed by atoms with Crippen LogP contribution in [-0.2, 0) is 9.53 Å². The summed E-state index contributed by atoms with van der Waals surface area (Å²) in [6.07, 6.45) is 1.56. The number of hydrogen-bond donors (Lipinski definition) is 1. The molecule has 0 heterocycles. The summed E-state index contributed by atoms with van der Waals surface area (Å²) in [5.41, 5.74) is 5.89. The first kappa shape index (κ1) is 16.8. The first-order chi connectivity index (χ1) is 9.94. The lowest BCUT2D eigenvalue weighted by Gasteiger charge is -2.14. The van der Waals surface area contributed by atoms with Crippen molar-refractivity contribution >= 4 is 11.7 Å². The topological polar surface area (TPSA) is 85.3 Å². The van der Waals surface area contributed by atoms with Gasteiger partial charge in [0.15, 0.2) is 0 Å². The Labute approximate surface area is 125 Å². The highest BCUT2D eigenvalue weighted by molar-refractivity contribution is 5.69. The van der Waals surface area contributed by atoms with Gasteiger partial charge in [0.25, 0.3) is 0 Å².